The molecule has 3 aliphatic heterocycles. The van der Waals surface area contributed by atoms with Crippen LogP contribution in [0.15, 0.2) is 33.5 Å². The van der Waals surface area contributed by atoms with E-state index in [1.54, 1.807) is 12.1 Å². The third kappa shape index (κ3) is 4.12. The number of nitrogens with zero attached hydrogens (tertiary/aromatic N) is 3. The van der Waals surface area contributed by atoms with Gasteiger partial charge in [0, 0.05) is 25.2 Å². The van der Waals surface area contributed by atoms with Crippen molar-refractivity contribution in [1.82, 2.24) is 14.4 Å². The molecular weight excluding hydrogens is 402 g/mol. The van der Waals surface area contributed by atoms with Gasteiger partial charge in [-0.25, -0.2) is 4.79 Å². The third-order valence-electron chi connectivity index (χ3n) is 7.03. The quantitative estimate of drug-likeness (QED) is 0.696. The van der Waals surface area contributed by atoms with Gasteiger partial charge in [0.15, 0.2) is 5.58 Å². The minimum Gasteiger partial charge on any atom is -0.483 e. The molecule has 0 unspecified atom stereocenters. The predicted molar refractivity (Wildman–Crippen MR) is 113 cm³/mol. The molecule has 0 spiro atoms. The molecule has 1 aromatic heterocycles. The lowest BCUT2D eigenvalue weighted by Crippen LogP contribution is -2.65. The molecule has 3 aliphatic rings. The van der Waals surface area contributed by atoms with Gasteiger partial charge in [-0.15, -0.1) is 0 Å². The molecular formula is C22H29N3O6. The number of aliphatic hydroxyl groups is 1. The van der Waals surface area contributed by atoms with E-state index in [1.165, 1.54) is 17.4 Å². The van der Waals surface area contributed by atoms with E-state index >= 15 is 0 Å². The molecule has 9 heteroatoms. The second-order valence-electron chi connectivity index (χ2n) is 8.63. The highest BCUT2D eigenvalue weighted by Gasteiger charge is 2.47. The summed E-state index contributed by atoms with van der Waals surface area (Å²) in [4.78, 5) is 38.1. The Hall–Kier alpha value is -2.65. The zero-order valence-corrected chi connectivity index (χ0v) is 17.4. The molecule has 2 bridgehead atoms. The summed E-state index contributed by atoms with van der Waals surface area (Å²) >= 11 is 0. The van der Waals surface area contributed by atoms with E-state index in [1.807, 2.05) is 17.0 Å². The number of piperidine rings is 3. The van der Waals surface area contributed by atoms with Crippen LogP contribution >= 0.6 is 0 Å². The number of para-hydroxylation sites is 2. The van der Waals surface area contributed by atoms with Crippen molar-refractivity contribution in [1.29, 1.82) is 0 Å². The molecule has 0 aliphatic carbocycles. The number of rotatable bonds is 3. The summed E-state index contributed by atoms with van der Waals surface area (Å²) in [5, 5.41) is 16.9. The topological polar surface area (TPSA) is 116 Å². The van der Waals surface area contributed by atoms with Crippen molar-refractivity contribution in [2.24, 2.45) is 11.8 Å². The Bertz CT molecular complexity index is 971. The van der Waals surface area contributed by atoms with Crippen molar-refractivity contribution in [2.75, 3.05) is 26.2 Å². The van der Waals surface area contributed by atoms with Crippen LogP contribution in [-0.4, -0.2) is 75.3 Å². The van der Waals surface area contributed by atoms with Crippen LogP contribution in [-0.2, 0) is 16.1 Å². The first-order valence-corrected chi connectivity index (χ1v) is 10.9. The van der Waals surface area contributed by atoms with Crippen LogP contribution in [0, 0.1) is 11.8 Å². The zero-order valence-electron chi connectivity index (χ0n) is 17.4. The molecule has 9 nitrogen and oxygen atoms in total. The van der Waals surface area contributed by atoms with Crippen molar-refractivity contribution in [3.05, 3.63) is 34.8 Å². The maximum absolute atomic E-state index is 13.1. The first-order chi connectivity index (χ1) is 15.1. The monoisotopic (exact) mass is 431 g/mol. The van der Waals surface area contributed by atoms with Crippen molar-refractivity contribution in [2.45, 2.75) is 44.3 Å². The smallest absolute Gasteiger partial charge is 0.420 e. The van der Waals surface area contributed by atoms with Gasteiger partial charge in [0.2, 0.25) is 5.91 Å². The zero-order chi connectivity index (χ0) is 22.0. The molecule has 2 aromatic rings. The van der Waals surface area contributed by atoms with Crippen LogP contribution in [0.4, 0.5) is 0 Å². The van der Waals surface area contributed by atoms with E-state index in [0.717, 1.165) is 25.9 Å². The summed E-state index contributed by atoms with van der Waals surface area (Å²) in [6.45, 7) is 2.38. The Kier molecular flexibility index (Phi) is 6.43. The molecule has 1 amide bonds. The lowest BCUT2D eigenvalue weighted by atomic mass is 9.72. The molecule has 5 rings (SSSR count). The van der Waals surface area contributed by atoms with E-state index in [-0.39, 0.29) is 31.6 Å². The van der Waals surface area contributed by atoms with Gasteiger partial charge in [0.1, 0.15) is 6.54 Å². The first-order valence-electron chi connectivity index (χ1n) is 10.9. The van der Waals surface area contributed by atoms with Gasteiger partial charge in [-0.3, -0.25) is 19.1 Å². The molecule has 3 saturated heterocycles. The number of benzene rings is 1. The maximum Gasteiger partial charge on any atom is 0.420 e. The van der Waals surface area contributed by atoms with Gasteiger partial charge in [-0.1, -0.05) is 18.6 Å². The number of hydrogen-bond acceptors (Lipinski definition) is 6. The number of carboxylic acid groups (broad SMARTS) is 1. The molecule has 168 valence electrons. The number of carbonyl (C=O) groups excluding carboxylic acids is 1. The van der Waals surface area contributed by atoms with E-state index in [4.69, 9.17) is 14.3 Å². The van der Waals surface area contributed by atoms with Crippen molar-refractivity contribution in [3.8, 4) is 0 Å². The number of fused-ring (bicyclic) bond motifs is 5. The molecule has 0 radical (unpaired) electrons. The number of oxazole rings is 1. The third-order valence-corrected chi connectivity index (χ3v) is 7.03. The van der Waals surface area contributed by atoms with Crippen molar-refractivity contribution >= 4 is 23.5 Å². The summed E-state index contributed by atoms with van der Waals surface area (Å²) in [5.74, 6) is 0.242. The molecule has 4 heterocycles. The van der Waals surface area contributed by atoms with Gasteiger partial charge in [0.05, 0.1) is 12.1 Å². The Morgan fingerprint density at radius 2 is 1.94 bits per heavy atom. The van der Waals surface area contributed by atoms with Crippen LogP contribution < -0.4 is 5.76 Å². The summed E-state index contributed by atoms with van der Waals surface area (Å²) in [5.41, 5.74) is 1.17. The molecule has 0 saturated carbocycles. The van der Waals surface area contributed by atoms with Gasteiger partial charge < -0.3 is 19.5 Å². The summed E-state index contributed by atoms with van der Waals surface area (Å²) in [7, 11) is 0. The molecule has 31 heavy (non-hydrogen) atoms. The number of aromatic nitrogens is 1. The lowest BCUT2D eigenvalue weighted by molar-refractivity contribution is -0.143. The van der Waals surface area contributed by atoms with Gasteiger partial charge in [0.25, 0.3) is 6.47 Å². The highest BCUT2D eigenvalue weighted by Crippen LogP contribution is 2.41. The maximum atomic E-state index is 13.1. The van der Waals surface area contributed by atoms with Crippen molar-refractivity contribution in [3.63, 3.8) is 0 Å². The highest BCUT2D eigenvalue weighted by atomic mass is 16.4. The number of likely N-dealkylation sites (tertiary alicyclic amines) is 1. The van der Waals surface area contributed by atoms with Crippen LogP contribution in [0.5, 0.6) is 0 Å². The fraction of sp³-hybridized carbons (Fsp3) is 0.591. The van der Waals surface area contributed by atoms with E-state index in [9.17, 15) is 14.7 Å². The molecule has 4 atom stereocenters. The normalized spacial score (nSPS) is 27.8. The number of carbonyl (C=O) groups is 2. The predicted octanol–water partition coefficient (Wildman–Crippen LogP) is 0.989. The van der Waals surface area contributed by atoms with Crippen LogP contribution in [0.3, 0.4) is 0 Å². The molecule has 2 N–H and O–H groups in total. The lowest BCUT2D eigenvalue weighted by Gasteiger charge is -2.56. The van der Waals surface area contributed by atoms with E-state index in [2.05, 4.69) is 4.90 Å². The van der Waals surface area contributed by atoms with Crippen molar-refractivity contribution < 1.29 is 24.2 Å². The molecule has 1 aromatic carbocycles. The largest absolute Gasteiger partial charge is 0.483 e. The Morgan fingerprint density at radius 1 is 1.19 bits per heavy atom. The van der Waals surface area contributed by atoms with Gasteiger partial charge in [-0.05, 0) is 49.8 Å². The summed E-state index contributed by atoms with van der Waals surface area (Å²) < 4.78 is 6.69. The first kappa shape index (κ1) is 21.6. The van der Waals surface area contributed by atoms with Crippen LogP contribution in [0.1, 0.15) is 25.7 Å². The fourth-order valence-corrected chi connectivity index (χ4v) is 5.76. The van der Waals surface area contributed by atoms with Gasteiger partial charge in [-0.2, -0.15) is 0 Å². The van der Waals surface area contributed by atoms with E-state index in [0.29, 0.717) is 35.5 Å². The van der Waals surface area contributed by atoms with Crippen LogP contribution in [0.2, 0.25) is 0 Å². The number of aliphatic hydroxyl groups excluding tert-OH is 1. The standard InChI is InChI=1S/C21H27N3O4.CH2O2/c25-13-18-15-9-14(16-5-3-4-8-23(16)18)10-22(11-15)20(26)12-24-17-6-1-2-7-19(17)28-21(24)27;2-1-3/h1-2,6-7,14-16,18,25H,3-5,8-13H2;1H,(H,2,3)/t14-,15+,16+,18+;/m1./s1. The average Bonchev–Trinajstić information content (AvgIpc) is 3.09. The summed E-state index contributed by atoms with van der Waals surface area (Å²) in [6, 6.07) is 7.82. The van der Waals surface area contributed by atoms with Gasteiger partial charge >= 0.3 is 5.76 Å². The SMILES string of the molecule is O=C(Cn1c(=O)oc2ccccc21)N1C[C@H]2C[C@@H](C1)[C@H](CO)N1CCCC[C@@H]21.O=CO. The second-order valence-corrected chi connectivity index (χ2v) is 8.63. The minimum absolute atomic E-state index is 0.00740. The number of hydrogen-bond donors (Lipinski definition) is 2. The Morgan fingerprint density at radius 3 is 2.71 bits per heavy atom. The fourth-order valence-electron chi connectivity index (χ4n) is 5.76. The van der Waals surface area contributed by atoms with E-state index < -0.39 is 5.76 Å². The molecule has 3 fully saturated rings. The average molecular weight is 431 g/mol. The Labute approximate surface area is 179 Å². The second kappa shape index (κ2) is 9.23. The highest BCUT2D eigenvalue weighted by molar-refractivity contribution is 5.79. The Balaban J connectivity index is 0.000000730. The summed E-state index contributed by atoms with van der Waals surface area (Å²) in [6.07, 6.45) is 4.67. The van der Waals surface area contributed by atoms with Crippen LogP contribution in [0.25, 0.3) is 11.1 Å². The number of amides is 1. The minimum atomic E-state index is -0.488.